The summed E-state index contributed by atoms with van der Waals surface area (Å²) < 4.78 is 3.37. The van der Waals surface area contributed by atoms with Gasteiger partial charge in [0.1, 0.15) is 0 Å². The van der Waals surface area contributed by atoms with Gasteiger partial charge in [0.25, 0.3) is 5.56 Å². The van der Waals surface area contributed by atoms with E-state index in [2.05, 4.69) is 15.2 Å². The number of fused-ring (bicyclic) bond motifs is 1. The van der Waals surface area contributed by atoms with E-state index < -0.39 is 6.10 Å². The van der Waals surface area contributed by atoms with E-state index in [-0.39, 0.29) is 11.6 Å². The lowest BCUT2D eigenvalue weighted by Crippen LogP contribution is -2.28. The lowest BCUT2D eigenvalue weighted by molar-refractivity contribution is 0.138. The van der Waals surface area contributed by atoms with Crippen LogP contribution < -0.4 is 5.56 Å². The van der Waals surface area contributed by atoms with E-state index in [4.69, 9.17) is 0 Å². The number of hydrogen-bond acceptors (Lipinski definition) is 5. The molecule has 1 fully saturated rings. The van der Waals surface area contributed by atoms with Gasteiger partial charge in [-0.25, -0.2) is 4.68 Å². The van der Waals surface area contributed by atoms with E-state index in [1.165, 1.54) is 0 Å². The summed E-state index contributed by atoms with van der Waals surface area (Å²) >= 11 is 0. The third-order valence-corrected chi connectivity index (χ3v) is 4.72. The fraction of sp³-hybridized carbons (Fsp3) is 0.353. The van der Waals surface area contributed by atoms with Crippen LogP contribution in [0.1, 0.15) is 11.6 Å². The lowest BCUT2D eigenvalue weighted by atomic mass is 10.1. The molecule has 1 aliphatic heterocycles. The fourth-order valence-electron chi connectivity index (χ4n) is 3.47. The molecule has 0 unspecified atom stereocenters. The van der Waals surface area contributed by atoms with Crippen molar-refractivity contribution in [2.45, 2.75) is 18.7 Å². The highest BCUT2D eigenvalue weighted by Gasteiger charge is 2.33. The van der Waals surface area contributed by atoms with Gasteiger partial charge in [-0.2, -0.15) is 0 Å². The van der Waals surface area contributed by atoms with Crippen LogP contribution in [-0.2, 0) is 13.6 Å². The van der Waals surface area contributed by atoms with Crippen molar-refractivity contribution in [3.05, 3.63) is 58.6 Å². The number of aliphatic hydroxyl groups excluding tert-OH is 1. The first kappa shape index (κ1) is 15.0. The lowest BCUT2D eigenvalue weighted by Gasteiger charge is -2.16. The Morgan fingerprint density at radius 2 is 2.12 bits per heavy atom. The number of nitrogens with zero attached hydrogens (tertiary/aromatic N) is 5. The average Bonchev–Trinajstić information content (AvgIpc) is 3.22. The zero-order chi connectivity index (χ0) is 16.7. The number of aliphatic hydroxyl groups is 1. The van der Waals surface area contributed by atoms with Crippen LogP contribution >= 0.6 is 0 Å². The molecule has 2 atom stereocenters. The second-order valence-corrected chi connectivity index (χ2v) is 6.30. The summed E-state index contributed by atoms with van der Waals surface area (Å²) in [5, 5.41) is 19.1. The van der Waals surface area contributed by atoms with E-state index in [1.807, 2.05) is 30.3 Å². The molecule has 0 saturated carbocycles. The summed E-state index contributed by atoms with van der Waals surface area (Å²) in [4.78, 5) is 14.7. The number of aryl methyl sites for hydroxylation is 1. The number of hydrogen-bond donors (Lipinski definition) is 1. The molecule has 1 N–H and O–H groups in total. The van der Waals surface area contributed by atoms with Crippen molar-refractivity contribution in [2.75, 3.05) is 13.1 Å². The van der Waals surface area contributed by atoms with Crippen LogP contribution in [0, 0.1) is 0 Å². The Morgan fingerprint density at radius 1 is 1.29 bits per heavy atom. The number of likely N-dealkylation sites (tertiary alicyclic amines) is 1. The summed E-state index contributed by atoms with van der Waals surface area (Å²) in [5.74, 6) is 0. The molecule has 3 aromatic rings. The molecule has 0 amide bonds. The van der Waals surface area contributed by atoms with Crippen molar-refractivity contribution < 1.29 is 5.11 Å². The molecule has 0 bridgehead atoms. The molecular weight excluding hydrogens is 306 g/mol. The third kappa shape index (κ3) is 2.51. The van der Waals surface area contributed by atoms with Gasteiger partial charge in [0.2, 0.25) is 0 Å². The summed E-state index contributed by atoms with van der Waals surface area (Å²) in [7, 11) is 1.80. The highest BCUT2D eigenvalue weighted by atomic mass is 16.3. The topological polar surface area (TPSA) is 76.2 Å². The first-order chi connectivity index (χ1) is 11.6. The third-order valence-electron chi connectivity index (χ3n) is 4.72. The van der Waals surface area contributed by atoms with E-state index in [0.717, 1.165) is 16.5 Å². The van der Waals surface area contributed by atoms with Gasteiger partial charge in [-0.3, -0.25) is 9.69 Å². The SMILES string of the molecule is Cn1c(=O)c(CN2C[C@@H](O)[C@H](n3ccnn3)C2)cc2ccccc21. The quantitative estimate of drug-likeness (QED) is 0.761. The number of pyridine rings is 1. The second-order valence-electron chi connectivity index (χ2n) is 6.30. The van der Waals surface area contributed by atoms with Crippen molar-refractivity contribution in [2.24, 2.45) is 7.05 Å². The minimum Gasteiger partial charge on any atom is -0.390 e. The Morgan fingerprint density at radius 3 is 2.92 bits per heavy atom. The van der Waals surface area contributed by atoms with Gasteiger partial charge in [-0.15, -0.1) is 5.10 Å². The zero-order valence-corrected chi connectivity index (χ0v) is 13.4. The Balaban J connectivity index is 1.61. The van der Waals surface area contributed by atoms with Crippen LogP contribution in [-0.4, -0.2) is 48.8 Å². The van der Waals surface area contributed by atoms with Gasteiger partial charge in [0.05, 0.1) is 23.9 Å². The van der Waals surface area contributed by atoms with E-state index in [0.29, 0.717) is 19.6 Å². The van der Waals surface area contributed by atoms with Crippen LogP contribution in [0.3, 0.4) is 0 Å². The molecule has 0 radical (unpaired) electrons. The summed E-state index contributed by atoms with van der Waals surface area (Å²) in [6.45, 7) is 1.67. The summed E-state index contributed by atoms with van der Waals surface area (Å²) in [5.41, 5.74) is 1.67. The molecule has 7 heteroatoms. The fourth-order valence-corrected chi connectivity index (χ4v) is 3.47. The molecule has 24 heavy (non-hydrogen) atoms. The highest BCUT2D eigenvalue weighted by molar-refractivity contribution is 5.79. The number of benzene rings is 1. The first-order valence-corrected chi connectivity index (χ1v) is 7.97. The smallest absolute Gasteiger partial charge is 0.255 e. The monoisotopic (exact) mass is 325 g/mol. The van der Waals surface area contributed by atoms with Gasteiger partial charge >= 0.3 is 0 Å². The van der Waals surface area contributed by atoms with Gasteiger partial charge < -0.3 is 9.67 Å². The molecule has 2 aromatic heterocycles. The predicted molar refractivity (Wildman–Crippen MR) is 89.5 cm³/mol. The van der Waals surface area contributed by atoms with Gasteiger partial charge in [0, 0.05) is 38.4 Å². The van der Waals surface area contributed by atoms with E-state index in [1.54, 1.807) is 28.7 Å². The molecule has 1 saturated heterocycles. The largest absolute Gasteiger partial charge is 0.390 e. The Kier molecular flexibility index (Phi) is 3.66. The standard InChI is InChI=1S/C17H19N5O2/c1-20-14-5-3-2-4-12(14)8-13(17(20)24)9-21-10-15(16(23)11-21)22-7-6-18-19-22/h2-8,15-16,23H,9-11H2,1H3/t15-,16-/m1/s1. The molecule has 0 spiro atoms. The molecule has 1 aromatic carbocycles. The maximum Gasteiger partial charge on any atom is 0.255 e. The van der Waals surface area contributed by atoms with Crippen molar-refractivity contribution in [1.82, 2.24) is 24.5 Å². The molecule has 3 heterocycles. The van der Waals surface area contributed by atoms with Crippen LogP contribution in [0.2, 0.25) is 0 Å². The van der Waals surface area contributed by atoms with E-state index in [9.17, 15) is 9.90 Å². The van der Waals surface area contributed by atoms with E-state index >= 15 is 0 Å². The van der Waals surface area contributed by atoms with Crippen LogP contribution in [0.4, 0.5) is 0 Å². The van der Waals surface area contributed by atoms with Crippen LogP contribution in [0.5, 0.6) is 0 Å². The molecule has 124 valence electrons. The summed E-state index contributed by atoms with van der Waals surface area (Å²) in [6.07, 6.45) is 2.84. The van der Waals surface area contributed by atoms with Gasteiger partial charge in [0.15, 0.2) is 0 Å². The van der Waals surface area contributed by atoms with Gasteiger partial charge in [-0.05, 0) is 17.5 Å². The predicted octanol–water partition coefficient (Wildman–Crippen LogP) is 0.548. The molecule has 4 rings (SSSR count). The van der Waals surface area contributed by atoms with Crippen LogP contribution in [0.25, 0.3) is 10.9 Å². The Bertz CT molecular complexity index is 918. The molecule has 0 aliphatic carbocycles. The highest BCUT2D eigenvalue weighted by Crippen LogP contribution is 2.23. The van der Waals surface area contributed by atoms with Crippen molar-refractivity contribution in [3.8, 4) is 0 Å². The number of rotatable bonds is 3. The number of aromatic nitrogens is 4. The first-order valence-electron chi connectivity index (χ1n) is 7.97. The molecular formula is C17H19N5O2. The van der Waals surface area contributed by atoms with Crippen LogP contribution in [0.15, 0.2) is 47.5 Å². The maximum atomic E-state index is 12.6. The molecule has 7 nitrogen and oxygen atoms in total. The number of para-hydroxylation sites is 1. The Hall–Kier alpha value is -2.51. The maximum absolute atomic E-state index is 12.6. The normalized spacial score (nSPS) is 21.6. The average molecular weight is 325 g/mol. The zero-order valence-electron chi connectivity index (χ0n) is 13.4. The van der Waals surface area contributed by atoms with Crippen molar-refractivity contribution in [3.63, 3.8) is 0 Å². The summed E-state index contributed by atoms with van der Waals surface area (Å²) in [6, 6.07) is 9.68. The minimum atomic E-state index is -0.518. The van der Waals surface area contributed by atoms with Gasteiger partial charge in [-0.1, -0.05) is 23.4 Å². The van der Waals surface area contributed by atoms with Crippen molar-refractivity contribution >= 4 is 10.9 Å². The minimum absolute atomic E-state index is 0.00685. The second kappa shape index (κ2) is 5.85. The molecule has 1 aliphatic rings. The number of β-amino-alcohol motifs (C(OH)–C–C–N with tert-alkyl or cyclic N) is 1. The Labute approximate surface area is 138 Å². The van der Waals surface area contributed by atoms with Crippen molar-refractivity contribution in [1.29, 1.82) is 0 Å².